The first kappa shape index (κ1) is 24.3. The molecule has 1 aromatic heterocycles. The molecule has 0 atom stereocenters. The van der Waals surface area contributed by atoms with Crippen LogP contribution in [0.25, 0.3) is 10.9 Å². The highest BCUT2D eigenvalue weighted by Crippen LogP contribution is 2.27. The first-order valence-corrected chi connectivity index (χ1v) is 12.0. The van der Waals surface area contributed by atoms with Gasteiger partial charge in [0.25, 0.3) is 11.8 Å². The number of hydrogen-bond acceptors (Lipinski definition) is 3. The summed E-state index contributed by atoms with van der Waals surface area (Å²) >= 11 is 0. The van der Waals surface area contributed by atoms with Gasteiger partial charge in [0.15, 0.2) is 0 Å². The number of aromatic nitrogens is 1. The highest BCUT2D eigenvalue weighted by Gasteiger charge is 2.23. The number of nitrogens with one attached hydrogen (secondary N) is 2. The summed E-state index contributed by atoms with van der Waals surface area (Å²) in [5.41, 5.74) is 3.24. The zero-order valence-electron chi connectivity index (χ0n) is 20.4. The molecular weight excluding hydrogens is 444 g/mol. The molecule has 3 amide bonds. The van der Waals surface area contributed by atoms with Gasteiger partial charge in [0, 0.05) is 43.3 Å². The smallest absolute Gasteiger partial charge is 0.409 e. The lowest BCUT2D eigenvalue weighted by atomic mass is 9.87. The average Bonchev–Trinajstić information content (AvgIpc) is 3.18. The van der Waals surface area contributed by atoms with Gasteiger partial charge in [-0.3, -0.25) is 14.9 Å². The van der Waals surface area contributed by atoms with E-state index in [2.05, 4.69) is 17.6 Å². The Hall–Kier alpha value is -3.81. The summed E-state index contributed by atoms with van der Waals surface area (Å²) < 4.78 is 1.91. The van der Waals surface area contributed by atoms with Crippen molar-refractivity contribution in [1.29, 1.82) is 0 Å². The average molecular weight is 477 g/mol. The molecule has 0 aliphatic heterocycles. The van der Waals surface area contributed by atoms with Gasteiger partial charge in [-0.1, -0.05) is 25.1 Å². The van der Waals surface area contributed by atoms with Crippen LogP contribution >= 0.6 is 0 Å². The first-order valence-electron chi connectivity index (χ1n) is 12.0. The number of carbonyl (C=O) groups excluding carboxylic acids is 2. The van der Waals surface area contributed by atoms with E-state index in [-0.39, 0.29) is 17.9 Å². The Balaban J connectivity index is 1.67. The van der Waals surface area contributed by atoms with Crippen LogP contribution in [0.1, 0.15) is 59.0 Å². The molecule has 0 bridgehead atoms. The van der Waals surface area contributed by atoms with Crippen LogP contribution in [0.15, 0.2) is 48.5 Å². The van der Waals surface area contributed by atoms with E-state index in [9.17, 15) is 14.4 Å². The van der Waals surface area contributed by atoms with Crippen molar-refractivity contribution in [2.75, 3.05) is 19.4 Å². The maximum absolute atomic E-state index is 13.4. The number of fused-ring (bicyclic) bond motifs is 1. The monoisotopic (exact) mass is 476 g/mol. The molecule has 8 nitrogen and oxygen atoms in total. The predicted molar refractivity (Wildman–Crippen MR) is 136 cm³/mol. The van der Waals surface area contributed by atoms with E-state index in [1.54, 1.807) is 38.4 Å². The van der Waals surface area contributed by atoms with Crippen LogP contribution in [0.4, 0.5) is 10.5 Å². The minimum atomic E-state index is -1.15. The lowest BCUT2D eigenvalue weighted by molar-refractivity contribution is 0.0827. The van der Waals surface area contributed by atoms with E-state index in [0.717, 1.165) is 42.1 Å². The molecule has 8 heteroatoms. The standard InChI is InChI=1S/C27H32N4O4/c1-17-4-11-21(12-5-17)28-25(32)24-14-20-10-13-22(29-27(34)35)15-23(20)31(24)16-18-6-8-19(9-7-18)26(33)30(2)3/h6-10,13-15,17,21,29H,4-5,11-12,16H2,1-3H3,(H,28,32)(H,34,35). The topological polar surface area (TPSA) is 104 Å². The first-order chi connectivity index (χ1) is 16.7. The number of benzene rings is 2. The Morgan fingerprint density at radius 3 is 2.31 bits per heavy atom. The van der Waals surface area contributed by atoms with Crippen molar-refractivity contribution >= 4 is 34.5 Å². The Morgan fingerprint density at radius 1 is 1.00 bits per heavy atom. The minimum Gasteiger partial charge on any atom is -0.465 e. The van der Waals surface area contributed by atoms with Gasteiger partial charge in [0.2, 0.25) is 0 Å². The quantitative estimate of drug-likeness (QED) is 0.476. The maximum atomic E-state index is 13.4. The number of nitrogens with zero attached hydrogens (tertiary/aromatic N) is 2. The van der Waals surface area contributed by atoms with Crippen molar-refractivity contribution in [3.8, 4) is 0 Å². The zero-order chi connectivity index (χ0) is 25.1. The third kappa shape index (κ3) is 5.65. The normalized spacial score (nSPS) is 17.7. The second kappa shape index (κ2) is 10.2. The Morgan fingerprint density at radius 2 is 1.69 bits per heavy atom. The van der Waals surface area contributed by atoms with Crippen LogP contribution in [-0.4, -0.2) is 52.6 Å². The summed E-state index contributed by atoms with van der Waals surface area (Å²) in [6.45, 7) is 2.65. The summed E-state index contributed by atoms with van der Waals surface area (Å²) in [7, 11) is 3.42. The van der Waals surface area contributed by atoms with Crippen molar-refractivity contribution < 1.29 is 19.5 Å². The molecule has 0 saturated heterocycles. The summed E-state index contributed by atoms with van der Waals surface area (Å²) in [5.74, 6) is 0.485. The van der Waals surface area contributed by atoms with Crippen molar-refractivity contribution in [1.82, 2.24) is 14.8 Å². The zero-order valence-corrected chi connectivity index (χ0v) is 20.4. The number of carbonyl (C=O) groups is 3. The molecule has 1 heterocycles. The molecule has 0 radical (unpaired) electrons. The molecule has 1 aliphatic carbocycles. The van der Waals surface area contributed by atoms with Gasteiger partial charge in [-0.25, -0.2) is 4.79 Å². The van der Waals surface area contributed by atoms with Crippen molar-refractivity contribution in [2.45, 2.75) is 45.2 Å². The van der Waals surface area contributed by atoms with Gasteiger partial charge in [0.1, 0.15) is 5.69 Å². The van der Waals surface area contributed by atoms with E-state index in [1.165, 1.54) is 4.90 Å². The van der Waals surface area contributed by atoms with E-state index >= 15 is 0 Å². The largest absolute Gasteiger partial charge is 0.465 e. The molecule has 184 valence electrons. The van der Waals surface area contributed by atoms with E-state index in [1.807, 2.05) is 28.8 Å². The summed E-state index contributed by atoms with van der Waals surface area (Å²) in [5, 5.41) is 15.6. The van der Waals surface area contributed by atoms with Gasteiger partial charge in [-0.15, -0.1) is 0 Å². The van der Waals surface area contributed by atoms with Crippen LogP contribution in [0.5, 0.6) is 0 Å². The van der Waals surface area contributed by atoms with Crippen molar-refractivity contribution in [2.24, 2.45) is 5.92 Å². The second-order valence-corrected chi connectivity index (χ2v) is 9.65. The highest BCUT2D eigenvalue weighted by molar-refractivity contribution is 6.00. The van der Waals surface area contributed by atoms with Crippen molar-refractivity contribution in [3.05, 3.63) is 65.4 Å². The third-order valence-electron chi connectivity index (χ3n) is 6.69. The van der Waals surface area contributed by atoms with E-state index in [4.69, 9.17) is 5.11 Å². The van der Waals surface area contributed by atoms with E-state index in [0.29, 0.717) is 29.4 Å². The molecule has 0 unspecified atom stereocenters. The molecule has 35 heavy (non-hydrogen) atoms. The molecule has 1 saturated carbocycles. The number of hydrogen-bond donors (Lipinski definition) is 3. The fourth-order valence-corrected chi connectivity index (χ4v) is 4.67. The predicted octanol–water partition coefficient (Wildman–Crippen LogP) is 4.79. The third-order valence-corrected chi connectivity index (χ3v) is 6.69. The lowest BCUT2D eigenvalue weighted by Gasteiger charge is -2.27. The number of anilines is 1. The van der Waals surface area contributed by atoms with Crippen LogP contribution in [0.2, 0.25) is 0 Å². The highest BCUT2D eigenvalue weighted by atomic mass is 16.4. The van der Waals surface area contributed by atoms with Gasteiger partial charge in [-0.05, 0) is 67.5 Å². The molecule has 3 aromatic rings. The molecule has 2 aromatic carbocycles. The number of amides is 3. The van der Waals surface area contributed by atoms with Gasteiger partial charge in [0.05, 0.1) is 5.52 Å². The summed E-state index contributed by atoms with van der Waals surface area (Å²) in [4.78, 5) is 38.3. The van der Waals surface area contributed by atoms with E-state index < -0.39 is 6.09 Å². The molecule has 0 spiro atoms. The van der Waals surface area contributed by atoms with Crippen LogP contribution in [0, 0.1) is 5.92 Å². The van der Waals surface area contributed by atoms with Crippen LogP contribution in [-0.2, 0) is 6.54 Å². The fraction of sp³-hybridized carbons (Fsp3) is 0.370. The molecular formula is C27H32N4O4. The van der Waals surface area contributed by atoms with Crippen LogP contribution < -0.4 is 10.6 Å². The second-order valence-electron chi connectivity index (χ2n) is 9.65. The maximum Gasteiger partial charge on any atom is 0.409 e. The molecule has 1 aliphatic rings. The Labute approximate surface area is 204 Å². The molecule has 3 N–H and O–H groups in total. The molecule has 1 fully saturated rings. The lowest BCUT2D eigenvalue weighted by Crippen LogP contribution is -2.38. The van der Waals surface area contributed by atoms with Gasteiger partial charge < -0.3 is 19.9 Å². The van der Waals surface area contributed by atoms with Crippen molar-refractivity contribution in [3.63, 3.8) is 0 Å². The minimum absolute atomic E-state index is 0.0748. The summed E-state index contributed by atoms with van der Waals surface area (Å²) in [6, 6.07) is 14.6. The molecule has 4 rings (SSSR count). The van der Waals surface area contributed by atoms with Gasteiger partial charge >= 0.3 is 6.09 Å². The summed E-state index contributed by atoms with van der Waals surface area (Å²) in [6.07, 6.45) is 3.02. The van der Waals surface area contributed by atoms with Crippen LogP contribution in [0.3, 0.4) is 0 Å². The van der Waals surface area contributed by atoms with Gasteiger partial charge in [-0.2, -0.15) is 0 Å². The SMILES string of the molecule is CC1CCC(NC(=O)c2cc3ccc(NC(=O)O)cc3n2Cc2ccc(C(=O)N(C)C)cc2)CC1. The number of rotatable bonds is 6. The Kier molecular flexibility index (Phi) is 7.10. The fourth-order valence-electron chi connectivity index (χ4n) is 4.67. The number of carboxylic acid groups (broad SMARTS) is 1. The Bertz CT molecular complexity index is 1240.